The van der Waals surface area contributed by atoms with Crippen molar-refractivity contribution in [3.05, 3.63) is 84.2 Å². The standard InChI is InChI=1S/C22H21NO2/c24-22(25)11-3-1-2-10-21(20-9-6-14-23-16-20)19-13-12-17-7-4-5-8-18(17)15-19/h4-10,12-16H,1-3,11H2,(H,24,25)/b21-10-. The predicted molar refractivity (Wildman–Crippen MR) is 101 cm³/mol. The maximum Gasteiger partial charge on any atom is 0.303 e. The zero-order valence-corrected chi connectivity index (χ0v) is 14.1. The summed E-state index contributed by atoms with van der Waals surface area (Å²) in [5.41, 5.74) is 3.38. The van der Waals surface area contributed by atoms with Crippen LogP contribution < -0.4 is 0 Å². The molecule has 1 aromatic heterocycles. The zero-order valence-electron chi connectivity index (χ0n) is 14.1. The Hall–Kier alpha value is -2.94. The number of rotatable bonds is 7. The molecule has 1 N–H and O–H groups in total. The van der Waals surface area contributed by atoms with Gasteiger partial charge in [-0.25, -0.2) is 0 Å². The second kappa shape index (κ2) is 8.25. The molecule has 3 heteroatoms. The van der Waals surface area contributed by atoms with Crippen LogP contribution in [0.4, 0.5) is 0 Å². The summed E-state index contributed by atoms with van der Waals surface area (Å²) in [6, 6.07) is 18.8. The number of unbranched alkanes of at least 4 members (excludes halogenated alkanes) is 2. The van der Waals surface area contributed by atoms with Crippen molar-refractivity contribution in [3.8, 4) is 0 Å². The molecule has 3 nitrogen and oxygen atoms in total. The Bertz CT molecular complexity index is 885. The Morgan fingerprint density at radius 3 is 2.56 bits per heavy atom. The molecule has 0 radical (unpaired) electrons. The van der Waals surface area contributed by atoms with E-state index in [-0.39, 0.29) is 6.42 Å². The van der Waals surface area contributed by atoms with E-state index in [0.717, 1.165) is 29.5 Å². The van der Waals surface area contributed by atoms with Crippen LogP contribution in [0.25, 0.3) is 16.3 Å². The molecule has 0 aliphatic heterocycles. The van der Waals surface area contributed by atoms with Crippen molar-refractivity contribution in [1.29, 1.82) is 0 Å². The maximum atomic E-state index is 10.6. The molecule has 0 aliphatic carbocycles. The first kappa shape index (κ1) is 16.9. The molecule has 0 unspecified atom stereocenters. The molecule has 3 aromatic rings. The van der Waals surface area contributed by atoms with Crippen molar-refractivity contribution >= 4 is 22.3 Å². The summed E-state index contributed by atoms with van der Waals surface area (Å²) >= 11 is 0. The fourth-order valence-corrected chi connectivity index (χ4v) is 2.95. The van der Waals surface area contributed by atoms with Crippen molar-refractivity contribution in [2.24, 2.45) is 0 Å². The number of hydrogen-bond acceptors (Lipinski definition) is 2. The van der Waals surface area contributed by atoms with E-state index in [1.807, 2.05) is 24.4 Å². The quantitative estimate of drug-likeness (QED) is 0.597. The number of carboxylic acids is 1. The molecule has 0 saturated heterocycles. The van der Waals surface area contributed by atoms with Crippen LogP contribution in [0.3, 0.4) is 0 Å². The highest BCUT2D eigenvalue weighted by Gasteiger charge is 2.06. The van der Waals surface area contributed by atoms with Crippen LogP contribution in [0.15, 0.2) is 73.1 Å². The number of aliphatic carboxylic acids is 1. The van der Waals surface area contributed by atoms with E-state index >= 15 is 0 Å². The topological polar surface area (TPSA) is 50.2 Å². The number of hydrogen-bond donors (Lipinski definition) is 1. The summed E-state index contributed by atoms with van der Waals surface area (Å²) in [5.74, 6) is -0.731. The zero-order chi connectivity index (χ0) is 17.5. The number of fused-ring (bicyclic) bond motifs is 1. The van der Waals surface area contributed by atoms with E-state index in [1.165, 1.54) is 10.8 Å². The SMILES string of the molecule is O=C(O)CCCC/C=C(\c1cccnc1)c1ccc2ccccc2c1. The fourth-order valence-electron chi connectivity index (χ4n) is 2.95. The third-order valence-electron chi connectivity index (χ3n) is 4.23. The minimum Gasteiger partial charge on any atom is -0.481 e. The van der Waals surface area contributed by atoms with Gasteiger partial charge in [-0.1, -0.05) is 48.5 Å². The first-order chi connectivity index (χ1) is 12.2. The number of allylic oxidation sites excluding steroid dienone is 1. The Kier molecular flexibility index (Phi) is 5.57. The van der Waals surface area contributed by atoms with Crippen molar-refractivity contribution in [3.63, 3.8) is 0 Å². The molecule has 0 bridgehead atoms. The second-order valence-electron chi connectivity index (χ2n) is 6.06. The highest BCUT2D eigenvalue weighted by molar-refractivity contribution is 5.89. The van der Waals surface area contributed by atoms with E-state index in [4.69, 9.17) is 5.11 Å². The van der Waals surface area contributed by atoms with Gasteiger partial charge in [-0.05, 0) is 53.3 Å². The monoisotopic (exact) mass is 331 g/mol. The molecular formula is C22H21NO2. The van der Waals surface area contributed by atoms with E-state index in [2.05, 4.69) is 47.5 Å². The van der Waals surface area contributed by atoms with Gasteiger partial charge in [-0.3, -0.25) is 9.78 Å². The average molecular weight is 331 g/mol. The van der Waals surface area contributed by atoms with Gasteiger partial charge >= 0.3 is 5.97 Å². The van der Waals surface area contributed by atoms with Gasteiger partial charge in [0.1, 0.15) is 0 Å². The number of pyridine rings is 1. The third-order valence-corrected chi connectivity index (χ3v) is 4.23. The summed E-state index contributed by atoms with van der Waals surface area (Å²) in [6.07, 6.45) is 8.49. The smallest absolute Gasteiger partial charge is 0.303 e. The Labute approximate surface area is 147 Å². The van der Waals surface area contributed by atoms with E-state index in [9.17, 15) is 4.79 Å². The first-order valence-corrected chi connectivity index (χ1v) is 8.55. The molecule has 25 heavy (non-hydrogen) atoms. The highest BCUT2D eigenvalue weighted by Crippen LogP contribution is 2.27. The molecule has 0 aliphatic rings. The molecular weight excluding hydrogens is 310 g/mol. The van der Waals surface area contributed by atoms with E-state index < -0.39 is 5.97 Å². The summed E-state index contributed by atoms with van der Waals surface area (Å²) in [5, 5.41) is 11.2. The van der Waals surface area contributed by atoms with Crippen molar-refractivity contribution in [2.75, 3.05) is 0 Å². The van der Waals surface area contributed by atoms with Crippen LogP contribution in [0.5, 0.6) is 0 Å². The molecule has 2 aromatic carbocycles. The lowest BCUT2D eigenvalue weighted by Gasteiger charge is -2.10. The van der Waals surface area contributed by atoms with Gasteiger partial charge in [-0.15, -0.1) is 0 Å². The lowest BCUT2D eigenvalue weighted by molar-refractivity contribution is -0.137. The number of carboxylic acid groups (broad SMARTS) is 1. The second-order valence-corrected chi connectivity index (χ2v) is 6.06. The lowest BCUT2D eigenvalue weighted by Crippen LogP contribution is -1.93. The van der Waals surface area contributed by atoms with Crippen LogP contribution >= 0.6 is 0 Å². The summed E-state index contributed by atoms with van der Waals surface area (Å²) in [7, 11) is 0. The molecule has 3 rings (SSSR count). The number of benzene rings is 2. The Balaban J connectivity index is 1.88. The van der Waals surface area contributed by atoms with Crippen molar-refractivity contribution in [2.45, 2.75) is 25.7 Å². The van der Waals surface area contributed by atoms with Crippen LogP contribution in [0.1, 0.15) is 36.8 Å². The van der Waals surface area contributed by atoms with Crippen LogP contribution in [-0.2, 0) is 4.79 Å². The molecule has 1 heterocycles. The van der Waals surface area contributed by atoms with E-state index in [1.54, 1.807) is 6.20 Å². The predicted octanol–water partition coefficient (Wildman–Crippen LogP) is 5.31. The maximum absolute atomic E-state index is 10.6. The Morgan fingerprint density at radius 2 is 1.80 bits per heavy atom. The van der Waals surface area contributed by atoms with Gasteiger partial charge in [0.15, 0.2) is 0 Å². The summed E-state index contributed by atoms with van der Waals surface area (Å²) in [4.78, 5) is 14.9. The van der Waals surface area contributed by atoms with Crippen LogP contribution in [0.2, 0.25) is 0 Å². The number of nitrogens with zero attached hydrogens (tertiary/aromatic N) is 1. The summed E-state index contributed by atoms with van der Waals surface area (Å²) in [6.45, 7) is 0. The molecule has 0 amide bonds. The van der Waals surface area contributed by atoms with Gasteiger partial charge in [0.25, 0.3) is 0 Å². The average Bonchev–Trinajstić information content (AvgIpc) is 2.65. The van der Waals surface area contributed by atoms with Gasteiger partial charge < -0.3 is 5.11 Å². The van der Waals surface area contributed by atoms with Crippen molar-refractivity contribution in [1.82, 2.24) is 4.98 Å². The van der Waals surface area contributed by atoms with Gasteiger partial charge in [-0.2, -0.15) is 0 Å². The fraction of sp³-hybridized carbons (Fsp3) is 0.182. The molecule has 126 valence electrons. The van der Waals surface area contributed by atoms with Crippen molar-refractivity contribution < 1.29 is 9.90 Å². The van der Waals surface area contributed by atoms with Gasteiger partial charge in [0.05, 0.1) is 0 Å². The van der Waals surface area contributed by atoms with Gasteiger partial charge in [0, 0.05) is 24.4 Å². The normalized spacial score (nSPS) is 11.6. The molecule has 0 saturated carbocycles. The first-order valence-electron chi connectivity index (χ1n) is 8.55. The van der Waals surface area contributed by atoms with Gasteiger partial charge in [0.2, 0.25) is 0 Å². The lowest BCUT2D eigenvalue weighted by atomic mass is 9.95. The molecule has 0 spiro atoms. The third kappa shape index (κ3) is 4.54. The minimum atomic E-state index is -0.731. The largest absolute Gasteiger partial charge is 0.481 e. The van der Waals surface area contributed by atoms with Crippen LogP contribution in [0, 0.1) is 0 Å². The van der Waals surface area contributed by atoms with Crippen LogP contribution in [-0.4, -0.2) is 16.1 Å². The Morgan fingerprint density at radius 1 is 0.960 bits per heavy atom. The molecule has 0 atom stereocenters. The molecule has 0 fully saturated rings. The highest BCUT2D eigenvalue weighted by atomic mass is 16.4. The van der Waals surface area contributed by atoms with E-state index in [0.29, 0.717) is 6.42 Å². The number of carbonyl (C=O) groups is 1. The minimum absolute atomic E-state index is 0.228. The summed E-state index contributed by atoms with van der Waals surface area (Å²) < 4.78 is 0. The number of aromatic nitrogens is 1.